The van der Waals surface area contributed by atoms with Crippen molar-refractivity contribution in [3.8, 4) is 11.3 Å². The Morgan fingerprint density at radius 1 is 1.27 bits per heavy atom. The van der Waals surface area contributed by atoms with Crippen LogP contribution in [-0.4, -0.2) is 46.2 Å². The molecule has 0 fully saturated rings. The summed E-state index contributed by atoms with van der Waals surface area (Å²) in [6.07, 6.45) is 0.660. The normalized spacial score (nSPS) is 15.5. The van der Waals surface area contributed by atoms with Crippen LogP contribution < -0.4 is 0 Å². The van der Waals surface area contributed by atoms with Crippen molar-refractivity contribution in [2.45, 2.75) is 12.5 Å². The van der Waals surface area contributed by atoms with Crippen molar-refractivity contribution in [3.05, 3.63) is 80.5 Å². The number of amides is 1. The van der Waals surface area contributed by atoms with Gasteiger partial charge in [-0.2, -0.15) is 5.10 Å². The minimum Gasteiger partial charge on any atom is -0.385 e. The zero-order valence-electron chi connectivity index (χ0n) is 16.2. The Kier molecular flexibility index (Phi) is 5.52. The largest absolute Gasteiger partial charge is 0.385 e. The Morgan fingerprint density at radius 2 is 2.07 bits per heavy atom. The number of hydrogen-bond acceptors (Lipinski definition) is 5. The topological polar surface area (TPSA) is 101 Å². The summed E-state index contributed by atoms with van der Waals surface area (Å²) in [5.41, 5.74) is 2.84. The number of hydrogen-bond donors (Lipinski definition) is 1. The van der Waals surface area contributed by atoms with Crippen LogP contribution in [0.5, 0.6) is 0 Å². The Balaban J connectivity index is 1.85. The van der Waals surface area contributed by atoms with E-state index in [1.54, 1.807) is 30.2 Å². The molecule has 1 atom stereocenters. The van der Waals surface area contributed by atoms with Gasteiger partial charge in [-0.25, -0.2) is 0 Å². The summed E-state index contributed by atoms with van der Waals surface area (Å²) in [6.45, 7) is 0.988. The van der Waals surface area contributed by atoms with E-state index in [0.29, 0.717) is 47.1 Å². The molecular formula is C21H19ClN4O4. The lowest BCUT2D eigenvalue weighted by atomic mass is 9.96. The summed E-state index contributed by atoms with van der Waals surface area (Å²) >= 11 is 6.49. The van der Waals surface area contributed by atoms with Crippen molar-refractivity contribution in [2.75, 3.05) is 20.3 Å². The van der Waals surface area contributed by atoms with Crippen molar-refractivity contribution >= 4 is 23.2 Å². The van der Waals surface area contributed by atoms with Crippen LogP contribution in [0.4, 0.5) is 5.69 Å². The van der Waals surface area contributed by atoms with Gasteiger partial charge in [-0.05, 0) is 18.1 Å². The molecule has 0 saturated carbocycles. The number of methoxy groups -OCH3 is 1. The average Bonchev–Trinajstić information content (AvgIpc) is 3.28. The number of halogens is 1. The lowest BCUT2D eigenvalue weighted by Gasteiger charge is -2.27. The maximum absolute atomic E-state index is 13.2. The van der Waals surface area contributed by atoms with Crippen molar-refractivity contribution < 1.29 is 14.5 Å². The first-order valence-electron chi connectivity index (χ1n) is 9.40. The molecule has 2 heterocycles. The predicted octanol–water partition coefficient (Wildman–Crippen LogP) is 4.22. The van der Waals surface area contributed by atoms with Gasteiger partial charge in [-0.15, -0.1) is 0 Å². The third kappa shape index (κ3) is 3.44. The quantitative estimate of drug-likeness (QED) is 0.346. The summed E-state index contributed by atoms with van der Waals surface area (Å²) in [7, 11) is 1.62. The van der Waals surface area contributed by atoms with Crippen molar-refractivity contribution in [1.82, 2.24) is 15.1 Å². The first-order chi connectivity index (χ1) is 14.5. The number of H-pyrrole nitrogens is 1. The molecule has 0 aliphatic carbocycles. The molecule has 1 N–H and O–H groups in total. The minimum atomic E-state index is -0.454. The number of aromatic amines is 1. The Labute approximate surface area is 177 Å². The number of non-ortho nitro benzene ring substituents is 1. The lowest BCUT2D eigenvalue weighted by Crippen LogP contribution is -2.31. The van der Waals surface area contributed by atoms with Gasteiger partial charge in [-0.3, -0.25) is 20.0 Å². The number of nitrogens with zero attached hydrogens (tertiary/aromatic N) is 3. The number of rotatable bonds is 7. The molecule has 1 aliphatic rings. The minimum absolute atomic E-state index is 0.0418. The highest BCUT2D eigenvalue weighted by atomic mass is 35.5. The third-order valence-corrected chi connectivity index (χ3v) is 5.49. The van der Waals surface area contributed by atoms with Crippen LogP contribution in [0.1, 0.15) is 34.1 Å². The number of aromatic nitrogens is 2. The highest BCUT2D eigenvalue weighted by molar-refractivity contribution is 6.31. The molecule has 3 aromatic rings. The van der Waals surface area contributed by atoms with Crippen LogP contribution in [0.15, 0.2) is 48.5 Å². The van der Waals surface area contributed by atoms with Gasteiger partial charge >= 0.3 is 0 Å². The van der Waals surface area contributed by atoms with Gasteiger partial charge in [0, 0.05) is 48.5 Å². The molecule has 9 heteroatoms. The highest BCUT2D eigenvalue weighted by Crippen LogP contribution is 2.44. The Hall–Kier alpha value is -3.23. The molecule has 0 spiro atoms. The second-order valence-electron chi connectivity index (χ2n) is 6.94. The number of benzene rings is 2. The summed E-state index contributed by atoms with van der Waals surface area (Å²) in [5, 5.41) is 18.9. The van der Waals surface area contributed by atoms with Crippen LogP contribution in [0.2, 0.25) is 5.02 Å². The summed E-state index contributed by atoms with van der Waals surface area (Å²) < 4.78 is 5.14. The van der Waals surface area contributed by atoms with Gasteiger partial charge in [-0.1, -0.05) is 41.9 Å². The molecule has 8 nitrogen and oxygen atoms in total. The first kappa shape index (κ1) is 20.1. The summed E-state index contributed by atoms with van der Waals surface area (Å²) in [6, 6.07) is 13.1. The second kappa shape index (κ2) is 8.25. The molecule has 30 heavy (non-hydrogen) atoms. The van der Waals surface area contributed by atoms with E-state index < -0.39 is 11.0 Å². The molecule has 154 valence electrons. The molecule has 1 unspecified atom stereocenters. The van der Waals surface area contributed by atoms with Crippen LogP contribution in [0.25, 0.3) is 11.3 Å². The monoisotopic (exact) mass is 426 g/mol. The van der Waals surface area contributed by atoms with Gasteiger partial charge in [0.05, 0.1) is 16.7 Å². The number of carbonyl (C=O) groups is 1. The fraction of sp³-hybridized carbons (Fsp3) is 0.238. The number of fused-ring (bicyclic) bond motifs is 1. The van der Waals surface area contributed by atoms with Gasteiger partial charge in [0.1, 0.15) is 5.69 Å². The molecule has 1 aliphatic heterocycles. The van der Waals surface area contributed by atoms with E-state index in [2.05, 4.69) is 10.2 Å². The van der Waals surface area contributed by atoms with Crippen molar-refractivity contribution in [2.24, 2.45) is 0 Å². The molecule has 4 rings (SSSR count). The van der Waals surface area contributed by atoms with Gasteiger partial charge in [0.2, 0.25) is 0 Å². The van der Waals surface area contributed by atoms with Crippen LogP contribution >= 0.6 is 11.6 Å². The molecule has 0 radical (unpaired) electrons. The number of carbonyl (C=O) groups excluding carboxylic acids is 1. The van der Waals surface area contributed by atoms with Crippen molar-refractivity contribution in [3.63, 3.8) is 0 Å². The second-order valence-corrected chi connectivity index (χ2v) is 7.34. The first-order valence-corrected chi connectivity index (χ1v) is 9.78. The summed E-state index contributed by atoms with van der Waals surface area (Å²) in [4.78, 5) is 25.7. The molecule has 0 bridgehead atoms. The van der Waals surface area contributed by atoms with E-state index in [9.17, 15) is 14.9 Å². The molecule has 1 aromatic heterocycles. The Morgan fingerprint density at radius 3 is 2.80 bits per heavy atom. The van der Waals surface area contributed by atoms with Crippen LogP contribution in [0, 0.1) is 10.1 Å². The predicted molar refractivity (Wildman–Crippen MR) is 112 cm³/mol. The van der Waals surface area contributed by atoms with Gasteiger partial charge < -0.3 is 9.64 Å². The highest BCUT2D eigenvalue weighted by Gasteiger charge is 2.42. The smallest absolute Gasteiger partial charge is 0.273 e. The molecule has 1 amide bonds. The van der Waals surface area contributed by atoms with Crippen LogP contribution in [-0.2, 0) is 4.74 Å². The number of nitro benzene ring substituents is 1. The number of nitrogens with one attached hydrogen (secondary N) is 1. The maximum Gasteiger partial charge on any atom is 0.273 e. The zero-order valence-corrected chi connectivity index (χ0v) is 16.9. The van der Waals surface area contributed by atoms with E-state index in [4.69, 9.17) is 16.3 Å². The van der Waals surface area contributed by atoms with Gasteiger partial charge in [0.15, 0.2) is 0 Å². The zero-order chi connectivity index (χ0) is 21.3. The molecule has 0 saturated heterocycles. The maximum atomic E-state index is 13.2. The Bertz CT molecular complexity index is 1110. The molecular weight excluding hydrogens is 408 g/mol. The number of nitro groups is 1. The fourth-order valence-electron chi connectivity index (χ4n) is 3.81. The van der Waals surface area contributed by atoms with E-state index >= 15 is 0 Å². The summed E-state index contributed by atoms with van der Waals surface area (Å²) in [5.74, 6) is -0.185. The van der Waals surface area contributed by atoms with E-state index in [1.807, 2.05) is 18.2 Å². The van der Waals surface area contributed by atoms with Crippen molar-refractivity contribution in [1.29, 1.82) is 0 Å². The third-order valence-electron chi connectivity index (χ3n) is 5.14. The number of ether oxygens (including phenoxy) is 1. The molecule has 2 aromatic carbocycles. The lowest BCUT2D eigenvalue weighted by molar-refractivity contribution is -0.384. The van der Waals surface area contributed by atoms with Crippen LogP contribution in [0.3, 0.4) is 0 Å². The SMILES string of the molecule is COCCCN1C(=O)c2[nH]nc(-c3cccc([N+](=O)[O-])c3)c2C1c1ccccc1Cl. The van der Waals surface area contributed by atoms with Gasteiger partial charge in [0.25, 0.3) is 11.6 Å². The standard InChI is InChI=1S/C21H19ClN4O4/c1-30-11-5-10-25-20(15-8-2-3-9-16(15)22)17-18(23-24-19(17)21(25)27)13-6-4-7-14(12-13)26(28)29/h2-4,6-9,12,20H,5,10-11H2,1H3,(H,23,24). The average molecular weight is 427 g/mol. The van der Waals surface area contributed by atoms with E-state index in [1.165, 1.54) is 12.1 Å². The fourth-order valence-corrected chi connectivity index (χ4v) is 4.05. The van der Waals surface area contributed by atoms with E-state index in [0.717, 1.165) is 5.56 Å². The van der Waals surface area contributed by atoms with E-state index in [-0.39, 0.29) is 11.6 Å².